The van der Waals surface area contributed by atoms with Crippen molar-refractivity contribution in [2.75, 3.05) is 26.4 Å². The number of carbonyl (C=O) groups is 1. The molecule has 0 unspecified atom stereocenters. The van der Waals surface area contributed by atoms with Gasteiger partial charge in [-0.3, -0.25) is 9.79 Å². The molecule has 0 aliphatic rings. The largest absolute Gasteiger partial charge is 0.355 e. The van der Waals surface area contributed by atoms with E-state index in [2.05, 4.69) is 41.0 Å². The van der Waals surface area contributed by atoms with Crippen LogP contribution in [-0.4, -0.2) is 43.0 Å². The quantitative estimate of drug-likeness (QED) is 0.528. The van der Waals surface area contributed by atoms with E-state index in [9.17, 15) is 4.79 Å². The molecule has 1 rings (SSSR count). The molecule has 23 heavy (non-hydrogen) atoms. The molecule has 1 aromatic carbocycles. The third-order valence-corrected chi connectivity index (χ3v) is 4.69. The first kappa shape index (κ1) is 19.4. The molecule has 128 valence electrons. The monoisotopic (exact) mass is 336 g/mol. The maximum absolute atomic E-state index is 11.9. The molecule has 0 bridgehead atoms. The Balaban J connectivity index is 2.59. The fourth-order valence-corrected chi connectivity index (χ4v) is 2.08. The van der Waals surface area contributed by atoms with E-state index in [1.54, 1.807) is 7.05 Å². The number of guanidine groups is 1. The summed E-state index contributed by atoms with van der Waals surface area (Å²) in [7, 11) is 1.76. The molecule has 0 aliphatic carbocycles. The molecule has 0 radical (unpaired) electrons. The second-order valence-corrected chi connectivity index (χ2v) is 7.32. The molecular weight excluding hydrogens is 308 g/mol. The van der Waals surface area contributed by atoms with Gasteiger partial charge >= 0.3 is 0 Å². The Kier molecular flexibility index (Phi) is 7.95. The van der Waals surface area contributed by atoms with Crippen molar-refractivity contribution in [1.82, 2.24) is 16.0 Å². The lowest BCUT2D eigenvalue weighted by molar-refractivity contribution is 0.0955. The van der Waals surface area contributed by atoms with Gasteiger partial charge in [0.2, 0.25) is 0 Å². The predicted molar refractivity (Wildman–Crippen MR) is 100 cm³/mol. The normalized spacial score (nSPS) is 12.0. The van der Waals surface area contributed by atoms with Crippen LogP contribution in [0.15, 0.2) is 29.3 Å². The minimum atomic E-state index is -0.0430. The molecule has 0 heterocycles. The summed E-state index contributed by atoms with van der Waals surface area (Å²) in [5.74, 6) is 0.717. The Hall–Kier alpha value is -1.69. The third kappa shape index (κ3) is 6.95. The highest BCUT2D eigenvalue weighted by molar-refractivity contribution is 7.99. The lowest BCUT2D eigenvalue weighted by Gasteiger charge is -2.23. The van der Waals surface area contributed by atoms with Crippen LogP contribution in [0.4, 0.5) is 0 Å². The molecular formula is C17H28N4OS. The van der Waals surface area contributed by atoms with Crippen molar-refractivity contribution in [3.05, 3.63) is 35.4 Å². The van der Waals surface area contributed by atoms with E-state index in [1.165, 1.54) is 0 Å². The number of aliphatic imine (C=N–C) groups is 1. The van der Waals surface area contributed by atoms with E-state index in [-0.39, 0.29) is 10.7 Å². The minimum absolute atomic E-state index is 0.0430. The van der Waals surface area contributed by atoms with Crippen molar-refractivity contribution < 1.29 is 4.79 Å². The number of amides is 1. The van der Waals surface area contributed by atoms with Crippen LogP contribution in [-0.2, 0) is 6.54 Å². The maximum atomic E-state index is 11.9. The van der Waals surface area contributed by atoms with Crippen molar-refractivity contribution >= 4 is 23.6 Å². The third-order valence-electron chi connectivity index (χ3n) is 3.44. The maximum Gasteiger partial charge on any atom is 0.251 e. The topological polar surface area (TPSA) is 65.5 Å². The Bertz CT molecular complexity index is 543. The van der Waals surface area contributed by atoms with Gasteiger partial charge in [-0.25, -0.2) is 0 Å². The van der Waals surface area contributed by atoms with Crippen LogP contribution in [0.3, 0.4) is 0 Å². The zero-order chi connectivity index (χ0) is 17.3. The van der Waals surface area contributed by atoms with Gasteiger partial charge in [0.25, 0.3) is 5.91 Å². The molecule has 0 atom stereocenters. The van der Waals surface area contributed by atoms with E-state index in [0.29, 0.717) is 18.7 Å². The summed E-state index contributed by atoms with van der Waals surface area (Å²) < 4.78 is 0.149. The highest BCUT2D eigenvalue weighted by atomic mass is 32.2. The first-order chi connectivity index (χ1) is 10.9. The average molecular weight is 337 g/mol. The van der Waals surface area contributed by atoms with Crippen molar-refractivity contribution in [3.63, 3.8) is 0 Å². The highest BCUT2D eigenvalue weighted by Gasteiger charge is 2.16. The second-order valence-electron chi connectivity index (χ2n) is 5.80. The Morgan fingerprint density at radius 1 is 1.26 bits per heavy atom. The van der Waals surface area contributed by atoms with Gasteiger partial charge < -0.3 is 16.0 Å². The van der Waals surface area contributed by atoms with Gasteiger partial charge in [-0.2, -0.15) is 11.8 Å². The van der Waals surface area contributed by atoms with E-state index in [1.807, 2.05) is 43.0 Å². The van der Waals surface area contributed by atoms with Gasteiger partial charge in [0, 0.05) is 37.0 Å². The first-order valence-corrected chi connectivity index (χ1v) is 9.01. The smallest absolute Gasteiger partial charge is 0.251 e. The summed E-state index contributed by atoms with van der Waals surface area (Å²) in [5.41, 5.74) is 1.72. The Morgan fingerprint density at radius 3 is 2.61 bits per heavy atom. The molecule has 3 N–H and O–H groups in total. The van der Waals surface area contributed by atoms with Crippen molar-refractivity contribution in [3.8, 4) is 0 Å². The van der Waals surface area contributed by atoms with Crippen LogP contribution in [0.5, 0.6) is 0 Å². The van der Waals surface area contributed by atoms with E-state index < -0.39 is 0 Å². The van der Waals surface area contributed by atoms with Crippen LogP contribution in [0.2, 0.25) is 0 Å². The molecule has 0 aliphatic heterocycles. The Labute approximate surface area is 143 Å². The minimum Gasteiger partial charge on any atom is -0.355 e. The van der Waals surface area contributed by atoms with Crippen LogP contribution < -0.4 is 16.0 Å². The fraction of sp³-hybridized carbons (Fsp3) is 0.529. The number of nitrogens with one attached hydrogen (secondary N) is 3. The zero-order valence-electron chi connectivity index (χ0n) is 14.7. The van der Waals surface area contributed by atoms with Gasteiger partial charge in [-0.1, -0.05) is 12.1 Å². The van der Waals surface area contributed by atoms with Gasteiger partial charge in [0.05, 0.1) is 0 Å². The van der Waals surface area contributed by atoms with Crippen molar-refractivity contribution in [2.24, 2.45) is 4.99 Å². The first-order valence-electron chi connectivity index (χ1n) is 7.78. The molecule has 0 spiro atoms. The van der Waals surface area contributed by atoms with Crippen molar-refractivity contribution in [1.29, 1.82) is 0 Å². The number of hydrogen-bond acceptors (Lipinski definition) is 3. The number of rotatable bonds is 7. The van der Waals surface area contributed by atoms with Crippen LogP contribution >= 0.6 is 11.8 Å². The predicted octanol–water partition coefficient (Wildman–Crippen LogP) is 2.24. The molecule has 0 saturated heterocycles. The fourth-order valence-electron chi connectivity index (χ4n) is 1.86. The van der Waals surface area contributed by atoms with Crippen LogP contribution in [0, 0.1) is 0 Å². The number of hydrogen-bond donors (Lipinski definition) is 3. The summed E-state index contributed by atoms with van der Waals surface area (Å²) >= 11 is 1.81. The van der Waals surface area contributed by atoms with E-state index in [0.717, 1.165) is 18.1 Å². The summed E-state index contributed by atoms with van der Waals surface area (Å²) in [6, 6.07) is 7.61. The summed E-state index contributed by atoms with van der Waals surface area (Å²) in [4.78, 5) is 16.1. The molecule has 5 nitrogen and oxygen atoms in total. The highest BCUT2D eigenvalue weighted by Crippen LogP contribution is 2.19. The average Bonchev–Trinajstić information content (AvgIpc) is 2.55. The number of benzene rings is 1. The number of nitrogens with zero attached hydrogens (tertiary/aromatic N) is 1. The van der Waals surface area contributed by atoms with Gasteiger partial charge in [-0.05, 0) is 44.7 Å². The molecule has 0 fully saturated rings. The second kappa shape index (κ2) is 9.45. The number of carbonyl (C=O) groups excluding carboxylic acids is 1. The van der Waals surface area contributed by atoms with Gasteiger partial charge in [-0.15, -0.1) is 0 Å². The van der Waals surface area contributed by atoms with Crippen molar-refractivity contribution in [2.45, 2.75) is 32.1 Å². The zero-order valence-corrected chi connectivity index (χ0v) is 15.5. The molecule has 0 aromatic heterocycles. The molecule has 1 aromatic rings. The Morgan fingerprint density at radius 2 is 2.00 bits per heavy atom. The lowest BCUT2D eigenvalue weighted by Crippen LogP contribution is -2.43. The van der Waals surface area contributed by atoms with Gasteiger partial charge in [0.15, 0.2) is 5.96 Å². The number of thioether (sulfide) groups is 1. The summed E-state index contributed by atoms with van der Waals surface area (Å²) in [6.45, 7) is 8.36. The lowest BCUT2D eigenvalue weighted by atomic mass is 10.1. The summed E-state index contributed by atoms with van der Waals surface area (Å²) in [5, 5.41) is 9.42. The summed E-state index contributed by atoms with van der Waals surface area (Å²) in [6.07, 6.45) is 2.10. The molecule has 0 saturated carbocycles. The van der Waals surface area contributed by atoms with Crippen LogP contribution in [0.25, 0.3) is 0 Å². The molecule has 1 amide bonds. The van der Waals surface area contributed by atoms with Gasteiger partial charge in [0.1, 0.15) is 0 Å². The molecule has 6 heteroatoms. The van der Waals surface area contributed by atoms with E-state index in [4.69, 9.17) is 0 Å². The van der Waals surface area contributed by atoms with Crippen LogP contribution in [0.1, 0.15) is 36.7 Å². The van der Waals surface area contributed by atoms with E-state index >= 15 is 0 Å². The standard InChI is InChI=1S/C17H28N4OS/c1-6-19-15(22)14-9-7-8-13(10-14)11-20-16(18-4)21-12-17(2,3)23-5/h7-10H,6,11-12H2,1-5H3,(H,19,22)(H2,18,20,21). The SMILES string of the molecule is CCNC(=O)c1cccc(CNC(=NC)NCC(C)(C)SC)c1.